The van der Waals surface area contributed by atoms with Crippen molar-refractivity contribution in [2.24, 2.45) is 0 Å². The molecule has 0 spiro atoms. The van der Waals surface area contributed by atoms with Gasteiger partial charge in [-0.3, -0.25) is 0 Å². The van der Waals surface area contributed by atoms with Gasteiger partial charge >= 0.3 is 0 Å². The maximum Gasteiger partial charge on any atom is 0.282 e. The number of nitrogens with zero attached hydrogens (tertiary/aromatic N) is 6. The first-order valence-electron chi connectivity index (χ1n) is 8.79. The van der Waals surface area contributed by atoms with Crippen molar-refractivity contribution >= 4 is 21.7 Å². The van der Waals surface area contributed by atoms with Crippen molar-refractivity contribution in [2.45, 2.75) is 26.7 Å². The van der Waals surface area contributed by atoms with Gasteiger partial charge in [0.25, 0.3) is 10.2 Å². The third kappa shape index (κ3) is 3.00. The third-order valence-corrected chi connectivity index (χ3v) is 6.97. The maximum atomic E-state index is 12.7. The molecule has 9 heteroatoms. The molecular formula is C16H24N6O2S. The second-order valence-corrected chi connectivity index (χ2v) is 8.74. The summed E-state index contributed by atoms with van der Waals surface area (Å²) < 4.78 is 30.5. The molecule has 0 bridgehead atoms. The lowest BCUT2D eigenvalue weighted by Gasteiger charge is -2.36. The first-order valence-corrected chi connectivity index (χ1v) is 10.2. The number of rotatable bonds is 3. The van der Waals surface area contributed by atoms with E-state index in [-0.39, 0.29) is 0 Å². The van der Waals surface area contributed by atoms with E-state index in [0.29, 0.717) is 39.3 Å². The van der Waals surface area contributed by atoms with Crippen molar-refractivity contribution in [1.82, 2.24) is 23.2 Å². The molecule has 2 aromatic heterocycles. The Kier molecular flexibility index (Phi) is 4.17. The molecule has 0 atom stereocenters. The molecule has 0 radical (unpaired) electrons. The fourth-order valence-electron chi connectivity index (χ4n) is 3.65. The lowest BCUT2D eigenvalue weighted by Crippen LogP contribution is -2.53. The van der Waals surface area contributed by atoms with Crippen molar-refractivity contribution < 1.29 is 8.42 Å². The van der Waals surface area contributed by atoms with Gasteiger partial charge in [0.05, 0.1) is 5.69 Å². The van der Waals surface area contributed by atoms with Gasteiger partial charge in [-0.25, -0.2) is 4.98 Å². The van der Waals surface area contributed by atoms with E-state index in [0.717, 1.165) is 35.7 Å². The normalized spacial score (nSPS) is 20.6. The molecule has 2 aromatic rings. The minimum atomic E-state index is -3.31. The van der Waals surface area contributed by atoms with Crippen LogP contribution in [0.5, 0.6) is 0 Å². The van der Waals surface area contributed by atoms with E-state index in [1.165, 1.54) is 0 Å². The van der Waals surface area contributed by atoms with Crippen LogP contribution in [0.15, 0.2) is 12.1 Å². The van der Waals surface area contributed by atoms with E-state index in [9.17, 15) is 8.42 Å². The van der Waals surface area contributed by atoms with Crippen LogP contribution in [0.25, 0.3) is 5.65 Å². The van der Waals surface area contributed by atoms with Crippen LogP contribution in [0, 0.1) is 13.8 Å². The number of fused-ring (bicyclic) bond motifs is 1. The minimum Gasteiger partial charge on any atom is -0.354 e. The zero-order chi connectivity index (χ0) is 17.6. The van der Waals surface area contributed by atoms with Gasteiger partial charge in [-0.05, 0) is 26.7 Å². The van der Waals surface area contributed by atoms with Crippen LogP contribution in [0.4, 0.5) is 5.82 Å². The summed E-state index contributed by atoms with van der Waals surface area (Å²) in [6.45, 7) is 7.55. The largest absolute Gasteiger partial charge is 0.354 e. The Balaban J connectivity index is 1.54. The summed E-state index contributed by atoms with van der Waals surface area (Å²) in [5.74, 6) is 0.980. The van der Waals surface area contributed by atoms with Crippen LogP contribution < -0.4 is 4.90 Å². The molecule has 4 rings (SSSR count). The highest BCUT2D eigenvalue weighted by Crippen LogP contribution is 2.22. The summed E-state index contributed by atoms with van der Waals surface area (Å²) in [7, 11) is -3.31. The Morgan fingerprint density at radius 3 is 2.20 bits per heavy atom. The Labute approximate surface area is 148 Å². The van der Waals surface area contributed by atoms with Gasteiger partial charge in [0.15, 0.2) is 5.65 Å². The van der Waals surface area contributed by atoms with Crippen molar-refractivity contribution in [3.05, 3.63) is 23.5 Å². The topological polar surface area (TPSA) is 74.1 Å². The van der Waals surface area contributed by atoms with E-state index in [1.807, 2.05) is 30.5 Å². The molecule has 2 fully saturated rings. The molecule has 4 heterocycles. The van der Waals surface area contributed by atoms with Crippen LogP contribution in [-0.4, -0.2) is 70.9 Å². The van der Waals surface area contributed by atoms with Crippen molar-refractivity contribution in [3.8, 4) is 0 Å². The summed E-state index contributed by atoms with van der Waals surface area (Å²) in [6.07, 6.45) is 1.93. The lowest BCUT2D eigenvalue weighted by molar-refractivity contribution is 0.342. The van der Waals surface area contributed by atoms with Crippen molar-refractivity contribution in [3.63, 3.8) is 0 Å². The monoisotopic (exact) mass is 364 g/mol. The van der Waals surface area contributed by atoms with Crippen LogP contribution >= 0.6 is 0 Å². The van der Waals surface area contributed by atoms with Gasteiger partial charge in [0.1, 0.15) is 5.82 Å². The van der Waals surface area contributed by atoms with Gasteiger partial charge in [-0.15, -0.1) is 0 Å². The molecule has 0 N–H and O–H groups in total. The fourth-order valence-corrected chi connectivity index (χ4v) is 5.32. The SMILES string of the molecule is Cc1cc(N2CCN(S(=O)(=O)N3CCCC3)CC2)n2nc(C)cc2n1. The van der Waals surface area contributed by atoms with Crippen LogP contribution in [-0.2, 0) is 10.2 Å². The Morgan fingerprint density at radius 1 is 0.880 bits per heavy atom. The summed E-state index contributed by atoms with van der Waals surface area (Å²) in [4.78, 5) is 6.72. The first-order chi connectivity index (χ1) is 11.9. The molecule has 2 aliphatic heterocycles. The number of aryl methyl sites for hydroxylation is 2. The molecule has 136 valence electrons. The molecule has 8 nitrogen and oxygen atoms in total. The predicted octanol–water partition coefficient (Wildman–Crippen LogP) is 0.809. The minimum absolute atomic E-state index is 0.502. The van der Waals surface area contributed by atoms with Gasteiger partial charge in [0.2, 0.25) is 0 Å². The van der Waals surface area contributed by atoms with E-state index in [4.69, 9.17) is 0 Å². The summed E-state index contributed by atoms with van der Waals surface area (Å²) in [5.41, 5.74) is 2.70. The second-order valence-electron chi connectivity index (χ2n) is 6.81. The summed E-state index contributed by atoms with van der Waals surface area (Å²) in [5, 5.41) is 4.53. The molecular weight excluding hydrogens is 340 g/mol. The number of piperazine rings is 1. The lowest BCUT2D eigenvalue weighted by atomic mass is 10.3. The zero-order valence-electron chi connectivity index (χ0n) is 14.7. The average Bonchev–Trinajstić information content (AvgIpc) is 3.23. The Hall–Kier alpha value is -1.71. The summed E-state index contributed by atoms with van der Waals surface area (Å²) in [6, 6.07) is 3.98. The van der Waals surface area contributed by atoms with Gasteiger partial charge in [0, 0.05) is 57.1 Å². The van der Waals surface area contributed by atoms with Gasteiger partial charge in [-0.1, -0.05) is 0 Å². The molecule has 0 unspecified atom stereocenters. The number of anilines is 1. The highest BCUT2D eigenvalue weighted by Gasteiger charge is 2.34. The van der Waals surface area contributed by atoms with Crippen LogP contribution in [0.3, 0.4) is 0 Å². The van der Waals surface area contributed by atoms with E-state index >= 15 is 0 Å². The molecule has 0 amide bonds. The average molecular weight is 364 g/mol. The van der Waals surface area contributed by atoms with Crippen LogP contribution in [0.1, 0.15) is 24.2 Å². The quantitative estimate of drug-likeness (QED) is 0.806. The molecule has 0 aliphatic carbocycles. The van der Waals surface area contributed by atoms with Gasteiger partial charge < -0.3 is 4.90 Å². The highest BCUT2D eigenvalue weighted by atomic mass is 32.2. The third-order valence-electron chi connectivity index (χ3n) is 4.94. The fraction of sp³-hybridized carbons (Fsp3) is 0.625. The van der Waals surface area contributed by atoms with Crippen molar-refractivity contribution in [2.75, 3.05) is 44.2 Å². The first kappa shape index (κ1) is 16.7. The summed E-state index contributed by atoms with van der Waals surface area (Å²) >= 11 is 0. The zero-order valence-corrected chi connectivity index (χ0v) is 15.5. The van der Waals surface area contributed by atoms with E-state index in [1.54, 1.807) is 8.61 Å². The maximum absolute atomic E-state index is 12.7. The second kappa shape index (κ2) is 6.22. The molecule has 2 saturated heterocycles. The van der Waals surface area contributed by atoms with E-state index in [2.05, 4.69) is 15.0 Å². The van der Waals surface area contributed by atoms with Gasteiger partial charge in [-0.2, -0.15) is 26.6 Å². The molecule has 0 saturated carbocycles. The Morgan fingerprint density at radius 2 is 1.52 bits per heavy atom. The van der Waals surface area contributed by atoms with Crippen LogP contribution in [0.2, 0.25) is 0 Å². The highest BCUT2D eigenvalue weighted by molar-refractivity contribution is 7.86. The van der Waals surface area contributed by atoms with Crippen molar-refractivity contribution in [1.29, 1.82) is 0 Å². The molecule has 2 aliphatic rings. The molecule has 25 heavy (non-hydrogen) atoms. The predicted molar refractivity (Wildman–Crippen MR) is 96.0 cm³/mol. The number of hydrogen-bond donors (Lipinski definition) is 0. The number of hydrogen-bond acceptors (Lipinski definition) is 5. The smallest absolute Gasteiger partial charge is 0.282 e. The van der Waals surface area contributed by atoms with E-state index < -0.39 is 10.2 Å². The Bertz CT molecular complexity index is 879. The number of aromatic nitrogens is 3. The molecule has 0 aromatic carbocycles. The standard InChI is InChI=1S/C16H24N6O2S/c1-13-12-16(22-15(17-13)11-14(2)18-22)19-7-9-21(10-8-19)25(23,24)20-5-3-4-6-20/h11-12H,3-10H2,1-2H3.